The third-order valence-electron chi connectivity index (χ3n) is 3.20. The Hall–Kier alpha value is -2.47. The second kappa shape index (κ2) is 7.00. The Balaban J connectivity index is 2.08. The summed E-state index contributed by atoms with van der Waals surface area (Å²) in [7, 11) is 1.74. The van der Waals surface area contributed by atoms with Crippen molar-refractivity contribution in [1.29, 1.82) is 0 Å². The van der Waals surface area contributed by atoms with Crippen molar-refractivity contribution in [3.8, 4) is 0 Å². The summed E-state index contributed by atoms with van der Waals surface area (Å²) in [4.78, 5) is 25.3. The molecule has 0 saturated carbocycles. The van der Waals surface area contributed by atoms with E-state index in [1.165, 1.54) is 17.6 Å². The Morgan fingerprint density at radius 1 is 1.45 bits per heavy atom. The quantitative estimate of drug-likeness (QED) is 0.863. The highest BCUT2D eigenvalue weighted by Crippen LogP contribution is 2.21. The Bertz CT molecular complexity index is 709. The molecular weight excluding hydrogens is 298 g/mol. The molecule has 6 heteroatoms. The summed E-state index contributed by atoms with van der Waals surface area (Å²) in [5.41, 5.74) is 3.14. The molecule has 0 aliphatic carbocycles. The number of carbonyl (C=O) groups excluding carboxylic acids is 2. The minimum absolute atomic E-state index is 0.0319. The molecule has 2 aromatic rings. The van der Waals surface area contributed by atoms with Crippen LogP contribution < -0.4 is 10.2 Å². The van der Waals surface area contributed by atoms with Gasteiger partial charge in [0.2, 0.25) is 11.8 Å². The SMILES string of the molecule is C=CC(=O)Nc1cccc(CC(=O)N(C)c2csnc2C)c1. The zero-order valence-electron chi connectivity index (χ0n) is 12.5. The number of carbonyl (C=O) groups is 2. The molecule has 2 amide bonds. The third-order valence-corrected chi connectivity index (χ3v) is 3.90. The maximum atomic E-state index is 12.4. The van der Waals surface area contributed by atoms with Gasteiger partial charge in [-0.2, -0.15) is 4.37 Å². The van der Waals surface area contributed by atoms with Gasteiger partial charge in [0.25, 0.3) is 0 Å². The van der Waals surface area contributed by atoms with Crippen LogP contribution in [0.2, 0.25) is 0 Å². The zero-order chi connectivity index (χ0) is 16.1. The van der Waals surface area contributed by atoms with Crippen LogP contribution in [0.25, 0.3) is 0 Å². The van der Waals surface area contributed by atoms with Crippen LogP contribution in [0, 0.1) is 6.92 Å². The standard InChI is InChI=1S/C16H17N3O2S/c1-4-15(20)17-13-7-5-6-12(8-13)9-16(21)19(3)14-10-22-18-11(14)2/h4-8,10H,1,9H2,2-3H3,(H,17,20). The van der Waals surface area contributed by atoms with Crippen LogP contribution >= 0.6 is 11.5 Å². The molecule has 0 bridgehead atoms. The van der Waals surface area contributed by atoms with Gasteiger partial charge >= 0.3 is 0 Å². The van der Waals surface area contributed by atoms with Crippen LogP contribution in [-0.2, 0) is 16.0 Å². The zero-order valence-corrected chi connectivity index (χ0v) is 13.3. The maximum Gasteiger partial charge on any atom is 0.247 e. The summed E-state index contributed by atoms with van der Waals surface area (Å²) in [6.07, 6.45) is 1.46. The number of nitrogens with zero attached hydrogens (tertiary/aromatic N) is 2. The van der Waals surface area contributed by atoms with Crippen LogP contribution in [0.5, 0.6) is 0 Å². The van der Waals surface area contributed by atoms with Crippen LogP contribution in [0.1, 0.15) is 11.3 Å². The van der Waals surface area contributed by atoms with Crippen molar-refractivity contribution in [2.24, 2.45) is 0 Å². The van der Waals surface area contributed by atoms with Crippen molar-refractivity contribution >= 4 is 34.7 Å². The van der Waals surface area contributed by atoms with Gasteiger partial charge in [-0.25, -0.2) is 0 Å². The highest BCUT2D eigenvalue weighted by molar-refractivity contribution is 7.04. The fourth-order valence-electron chi connectivity index (χ4n) is 1.99. The van der Waals surface area contributed by atoms with Gasteiger partial charge in [0, 0.05) is 18.1 Å². The number of hydrogen-bond acceptors (Lipinski definition) is 4. The minimum Gasteiger partial charge on any atom is -0.323 e. The second-order valence-electron chi connectivity index (χ2n) is 4.81. The monoisotopic (exact) mass is 315 g/mol. The Morgan fingerprint density at radius 3 is 2.86 bits per heavy atom. The molecule has 22 heavy (non-hydrogen) atoms. The van der Waals surface area contributed by atoms with Crippen molar-refractivity contribution in [2.45, 2.75) is 13.3 Å². The average Bonchev–Trinajstić information content (AvgIpc) is 2.92. The van der Waals surface area contributed by atoms with Gasteiger partial charge < -0.3 is 10.2 Å². The number of amides is 2. The predicted molar refractivity (Wildman–Crippen MR) is 89.2 cm³/mol. The Kier molecular flexibility index (Phi) is 5.06. The molecule has 1 aromatic heterocycles. The number of benzene rings is 1. The lowest BCUT2D eigenvalue weighted by atomic mass is 10.1. The Morgan fingerprint density at radius 2 is 2.23 bits per heavy atom. The normalized spacial score (nSPS) is 10.1. The topological polar surface area (TPSA) is 62.3 Å². The van der Waals surface area contributed by atoms with Crippen molar-refractivity contribution in [2.75, 3.05) is 17.3 Å². The molecule has 2 rings (SSSR count). The van der Waals surface area contributed by atoms with Crippen molar-refractivity contribution < 1.29 is 9.59 Å². The van der Waals surface area contributed by atoms with Gasteiger partial charge in [-0.1, -0.05) is 18.7 Å². The molecule has 0 radical (unpaired) electrons. The number of rotatable bonds is 5. The van der Waals surface area contributed by atoms with Crippen LogP contribution in [0.4, 0.5) is 11.4 Å². The highest BCUT2D eigenvalue weighted by atomic mass is 32.1. The van der Waals surface area contributed by atoms with E-state index >= 15 is 0 Å². The molecule has 0 saturated heterocycles. The molecule has 114 valence electrons. The number of anilines is 2. The van der Waals surface area contributed by atoms with E-state index in [9.17, 15) is 9.59 Å². The molecule has 5 nitrogen and oxygen atoms in total. The van der Waals surface area contributed by atoms with Crippen molar-refractivity contribution in [3.63, 3.8) is 0 Å². The molecule has 1 aromatic carbocycles. The highest BCUT2D eigenvalue weighted by Gasteiger charge is 2.15. The van der Waals surface area contributed by atoms with Gasteiger partial charge in [-0.15, -0.1) is 0 Å². The van der Waals surface area contributed by atoms with E-state index in [2.05, 4.69) is 16.3 Å². The van der Waals surface area contributed by atoms with Crippen molar-refractivity contribution in [1.82, 2.24) is 4.37 Å². The first-order valence-corrected chi connectivity index (χ1v) is 7.55. The molecule has 0 fully saturated rings. The number of nitrogens with one attached hydrogen (secondary N) is 1. The van der Waals surface area contributed by atoms with E-state index in [0.29, 0.717) is 5.69 Å². The number of hydrogen-bond donors (Lipinski definition) is 1. The molecule has 0 spiro atoms. The summed E-state index contributed by atoms with van der Waals surface area (Å²) >= 11 is 1.33. The van der Waals surface area contributed by atoms with Gasteiger partial charge in [0.05, 0.1) is 17.8 Å². The molecule has 0 unspecified atom stereocenters. The number of likely N-dealkylation sites (N-methyl/N-ethyl adjacent to an activating group) is 1. The largest absolute Gasteiger partial charge is 0.323 e. The lowest BCUT2D eigenvalue weighted by molar-refractivity contribution is -0.117. The van der Waals surface area contributed by atoms with Crippen LogP contribution in [0.3, 0.4) is 0 Å². The fourth-order valence-corrected chi connectivity index (χ4v) is 2.72. The Labute approximate surface area is 133 Å². The second-order valence-corrected chi connectivity index (χ2v) is 5.44. The van der Waals surface area contributed by atoms with Crippen LogP contribution in [-0.4, -0.2) is 23.2 Å². The van der Waals surface area contributed by atoms with E-state index in [4.69, 9.17) is 0 Å². The van der Waals surface area contributed by atoms with Gasteiger partial charge in [0.15, 0.2) is 0 Å². The van der Waals surface area contributed by atoms with E-state index in [0.717, 1.165) is 16.9 Å². The molecule has 1 N–H and O–H groups in total. The maximum absolute atomic E-state index is 12.4. The predicted octanol–water partition coefficient (Wildman–Crippen LogP) is 2.78. The molecule has 0 aliphatic rings. The summed E-state index contributed by atoms with van der Waals surface area (Å²) in [6, 6.07) is 7.21. The minimum atomic E-state index is -0.277. The first-order chi connectivity index (χ1) is 10.5. The van der Waals surface area contributed by atoms with E-state index in [-0.39, 0.29) is 18.2 Å². The molecule has 0 aliphatic heterocycles. The van der Waals surface area contributed by atoms with Gasteiger partial charge in [-0.3, -0.25) is 9.59 Å². The summed E-state index contributed by atoms with van der Waals surface area (Å²) in [5, 5.41) is 4.54. The lowest BCUT2D eigenvalue weighted by Crippen LogP contribution is -2.28. The van der Waals surface area contributed by atoms with E-state index in [1.54, 1.807) is 30.1 Å². The molecule has 0 atom stereocenters. The van der Waals surface area contributed by atoms with Crippen molar-refractivity contribution in [3.05, 3.63) is 53.6 Å². The average molecular weight is 315 g/mol. The summed E-state index contributed by atoms with van der Waals surface area (Å²) < 4.78 is 4.17. The number of aromatic nitrogens is 1. The third kappa shape index (κ3) is 3.79. The smallest absolute Gasteiger partial charge is 0.247 e. The lowest BCUT2D eigenvalue weighted by Gasteiger charge is -2.16. The fraction of sp³-hybridized carbons (Fsp3) is 0.188. The first-order valence-electron chi connectivity index (χ1n) is 6.71. The number of aryl methyl sites for hydroxylation is 1. The summed E-state index contributed by atoms with van der Waals surface area (Å²) in [5.74, 6) is -0.309. The summed E-state index contributed by atoms with van der Waals surface area (Å²) in [6.45, 7) is 5.29. The van der Waals surface area contributed by atoms with E-state index < -0.39 is 0 Å². The van der Waals surface area contributed by atoms with Gasteiger partial charge in [0.1, 0.15) is 0 Å². The molecule has 1 heterocycles. The molecular formula is C16H17N3O2S. The van der Waals surface area contributed by atoms with Crippen LogP contribution in [0.15, 0.2) is 42.3 Å². The van der Waals surface area contributed by atoms with Gasteiger partial charge in [-0.05, 0) is 42.2 Å². The first kappa shape index (κ1) is 15.9. The van der Waals surface area contributed by atoms with E-state index in [1.807, 2.05) is 18.4 Å².